The average molecular weight is 605 g/mol. The molecule has 0 radical (unpaired) electrons. The summed E-state index contributed by atoms with van der Waals surface area (Å²) in [6.07, 6.45) is -3.83. The van der Waals surface area contributed by atoms with E-state index >= 15 is 0 Å². The number of methoxy groups -OCH3 is 2. The lowest BCUT2D eigenvalue weighted by molar-refractivity contribution is -0.182. The Morgan fingerprint density at radius 3 is 1.91 bits per heavy atom. The Morgan fingerprint density at radius 2 is 1.44 bits per heavy atom. The van der Waals surface area contributed by atoms with E-state index in [1.54, 1.807) is 0 Å². The Labute approximate surface area is 242 Å². The van der Waals surface area contributed by atoms with Crippen LogP contribution in [-0.2, 0) is 42.9 Å². The van der Waals surface area contributed by atoms with Gasteiger partial charge < -0.3 is 29.2 Å². The zero-order valence-corrected chi connectivity index (χ0v) is 23.6. The van der Waals surface area contributed by atoms with Crippen molar-refractivity contribution in [2.24, 2.45) is 0 Å². The lowest BCUT2D eigenvalue weighted by Gasteiger charge is -2.37. The summed E-state index contributed by atoms with van der Waals surface area (Å²) in [5, 5.41) is 23.1. The maximum absolute atomic E-state index is 13.8. The van der Waals surface area contributed by atoms with Crippen molar-refractivity contribution in [3.8, 4) is 0 Å². The van der Waals surface area contributed by atoms with Crippen LogP contribution in [0.5, 0.6) is 0 Å². The highest BCUT2D eigenvalue weighted by Crippen LogP contribution is 2.46. The molecule has 0 unspecified atom stereocenters. The Balaban J connectivity index is 2.47. The first-order valence-electron chi connectivity index (χ1n) is 12.5. The molecule has 2 aromatic rings. The predicted octanol–water partition coefficient (Wildman–Crippen LogP) is -1.77. The molecule has 0 aliphatic carbocycles. The lowest BCUT2D eigenvalue weighted by atomic mass is 9.75. The summed E-state index contributed by atoms with van der Waals surface area (Å²) < 4.78 is 20.0. The Bertz CT molecular complexity index is 1590. The molecule has 1 fully saturated rings. The predicted molar refractivity (Wildman–Crippen MR) is 140 cm³/mol. The van der Waals surface area contributed by atoms with Gasteiger partial charge in [-0.15, -0.1) is 0 Å². The molecule has 0 bridgehead atoms. The van der Waals surface area contributed by atoms with Gasteiger partial charge in [0.1, 0.15) is 12.7 Å². The molecule has 1 saturated heterocycles. The first-order valence-corrected chi connectivity index (χ1v) is 12.5. The number of esters is 3. The molecule has 0 spiro atoms. The van der Waals surface area contributed by atoms with Gasteiger partial charge in [-0.3, -0.25) is 38.1 Å². The Hall–Kier alpha value is -4.80. The van der Waals surface area contributed by atoms with Crippen LogP contribution in [0, 0.1) is 0 Å². The number of nitrogens with zero attached hydrogens (tertiary/aromatic N) is 2. The van der Waals surface area contributed by atoms with Crippen LogP contribution in [0.1, 0.15) is 48.8 Å². The number of ketones is 2. The molecule has 1 aliphatic heterocycles. The maximum atomic E-state index is 13.8. The first kappa shape index (κ1) is 32.7. The minimum absolute atomic E-state index is 0.000318. The highest BCUT2D eigenvalue weighted by Gasteiger charge is 2.72. The standard InChI is InChI=1S/C27H28N2O14/c1-13(30)26(38)18(12-42-15(3)32)43-24(27(26,39)14(2)31)28-11-17(19(22(35)40-4)23(36)41-5)21(34)29(25(28)37)20(33)16-9-7-6-8-10-16/h6-11,18-19,24,38-39H,12H2,1-5H3/t18-,24-,26-,27+/m1/s1. The average Bonchev–Trinajstić information content (AvgIpc) is 3.21. The molecule has 2 heterocycles. The third-order valence-corrected chi connectivity index (χ3v) is 7.01. The molecule has 16 nitrogen and oxygen atoms in total. The lowest BCUT2D eigenvalue weighted by Crippen LogP contribution is -2.67. The molecule has 1 aromatic carbocycles. The summed E-state index contributed by atoms with van der Waals surface area (Å²) in [5.74, 6) is -9.62. The molecule has 3 rings (SSSR count). The van der Waals surface area contributed by atoms with E-state index in [-0.39, 0.29) is 10.1 Å². The molecule has 1 aliphatic rings. The minimum Gasteiger partial charge on any atom is -0.468 e. The summed E-state index contributed by atoms with van der Waals surface area (Å²) >= 11 is 0. The van der Waals surface area contributed by atoms with Crippen molar-refractivity contribution in [1.29, 1.82) is 0 Å². The quantitative estimate of drug-likeness (QED) is 0.184. The number of Topliss-reactive ketones (excluding diaryl/α,β-unsaturated/α-hetero) is 2. The SMILES string of the molecule is COC(=O)C(C(=O)OC)c1cn([C@@H]2O[C@H](COC(C)=O)[C@](O)(C(C)=O)[C@]2(O)C(C)=O)c(=O)n(C(=O)c2ccccc2)c1=O. The molecular weight excluding hydrogens is 576 g/mol. The summed E-state index contributed by atoms with van der Waals surface area (Å²) in [5.41, 5.74) is -10.6. The van der Waals surface area contributed by atoms with E-state index < -0.39 is 88.3 Å². The number of carbonyl (C=O) groups is 6. The van der Waals surface area contributed by atoms with Crippen molar-refractivity contribution in [2.45, 2.75) is 50.2 Å². The van der Waals surface area contributed by atoms with Crippen LogP contribution in [0.4, 0.5) is 0 Å². The Morgan fingerprint density at radius 1 is 0.907 bits per heavy atom. The van der Waals surface area contributed by atoms with Gasteiger partial charge in [0.25, 0.3) is 11.5 Å². The van der Waals surface area contributed by atoms with Crippen LogP contribution >= 0.6 is 0 Å². The monoisotopic (exact) mass is 604 g/mol. The van der Waals surface area contributed by atoms with E-state index in [4.69, 9.17) is 9.47 Å². The van der Waals surface area contributed by atoms with Gasteiger partial charge in [-0.05, 0) is 26.0 Å². The van der Waals surface area contributed by atoms with Crippen molar-refractivity contribution in [3.05, 3.63) is 68.5 Å². The zero-order valence-electron chi connectivity index (χ0n) is 23.6. The van der Waals surface area contributed by atoms with Gasteiger partial charge in [0.2, 0.25) is 5.60 Å². The largest absolute Gasteiger partial charge is 0.468 e. The van der Waals surface area contributed by atoms with E-state index in [9.17, 15) is 48.6 Å². The van der Waals surface area contributed by atoms with Crippen LogP contribution < -0.4 is 11.2 Å². The number of aliphatic hydroxyl groups is 2. The molecule has 2 N–H and O–H groups in total. The Kier molecular flexibility index (Phi) is 9.28. The fourth-order valence-electron chi connectivity index (χ4n) is 4.78. The number of aromatic nitrogens is 2. The zero-order chi connectivity index (χ0) is 32.4. The molecule has 43 heavy (non-hydrogen) atoms. The molecule has 0 saturated carbocycles. The molecule has 4 atom stereocenters. The van der Waals surface area contributed by atoms with E-state index in [0.717, 1.165) is 35.0 Å². The summed E-state index contributed by atoms with van der Waals surface area (Å²) in [7, 11) is 1.76. The number of benzene rings is 1. The van der Waals surface area contributed by atoms with E-state index in [1.165, 1.54) is 30.3 Å². The summed E-state index contributed by atoms with van der Waals surface area (Å²) in [4.78, 5) is 103. The van der Waals surface area contributed by atoms with Crippen LogP contribution in [0.15, 0.2) is 46.1 Å². The number of ether oxygens (including phenoxy) is 4. The van der Waals surface area contributed by atoms with Crippen LogP contribution in [0.3, 0.4) is 0 Å². The second-order valence-corrected chi connectivity index (χ2v) is 9.49. The van der Waals surface area contributed by atoms with Crippen LogP contribution in [-0.4, -0.2) is 92.9 Å². The highest BCUT2D eigenvalue weighted by atomic mass is 16.6. The van der Waals surface area contributed by atoms with Gasteiger partial charge >= 0.3 is 23.6 Å². The molecule has 0 amide bonds. The number of hydrogen-bond donors (Lipinski definition) is 2. The normalized spacial score (nSPS) is 23.0. The van der Waals surface area contributed by atoms with Crippen LogP contribution in [0.25, 0.3) is 0 Å². The number of rotatable bonds is 9. The third-order valence-electron chi connectivity index (χ3n) is 7.01. The highest BCUT2D eigenvalue weighted by molar-refractivity contribution is 6.01. The van der Waals surface area contributed by atoms with Gasteiger partial charge in [0.15, 0.2) is 29.3 Å². The van der Waals surface area contributed by atoms with Crippen molar-refractivity contribution in [3.63, 3.8) is 0 Å². The second-order valence-electron chi connectivity index (χ2n) is 9.49. The molecule has 1 aromatic heterocycles. The van der Waals surface area contributed by atoms with Gasteiger partial charge in [-0.2, -0.15) is 4.57 Å². The third kappa shape index (κ3) is 5.31. The fraction of sp³-hybridized carbons (Fsp3) is 0.407. The van der Waals surface area contributed by atoms with E-state index in [0.29, 0.717) is 10.8 Å². The molecular formula is C27H28N2O14. The van der Waals surface area contributed by atoms with Crippen molar-refractivity contribution in [1.82, 2.24) is 9.13 Å². The summed E-state index contributed by atoms with van der Waals surface area (Å²) in [6.45, 7) is 1.63. The van der Waals surface area contributed by atoms with E-state index in [1.807, 2.05) is 0 Å². The van der Waals surface area contributed by atoms with Crippen molar-refractivity contribution in [2.75, 3.05) is 20.8 Å². The molecule has 230 valence electrons. The summed E-state index contributed by atoms with van der Waals surface area (Å²) in [6, 6.07) is 6.83. The van der Waals surface area contributed by atoms with Crippen molar-refractivity contribution < 1.29 is 57.9 Å². The maximum Gasteiger partial charge on any atom is 0.340 e. The van der Waals surface area contributed by atoms with Gasteiger partial charge in [0, 0.05) is 18.7 Å². The van der Waals surface area contributed by atoms with E-state index in [2.05, 4.69) is 9.47 Å². The number of carbonyl (C=O) groups excluding carboxylic acids is 6. The van der Waals surface area contributed by atoms with Gasteiger partial charge in [0.05, 0.1) is 19.8 Å². The first-order chi connectivity index (χ1) is 20.1. The van der Waals surface area contributed by atoms with Crippen molar-refractivity contribution >= 4 is 35.4 Å². The van der Waals surface area contributed by atoms with Crippen LogP contribution in [0.2, 0.25) is 0 Å². The molecule has 16 heteroatoms. The number of hydrogen-bond acceptors (Lipinski definition) is 14. The van der Waals surface area contributed by atoms with Gasteiger partial charge in [-0.25, -0.2) is 4.79 Å². The minimum atomic E-state index is -3.31. The fourth-order valence-corrected chi connectivity index (χ4v) is 4.78. The second kappa shape index (κ2) is 12.2. The van der Waals surface area contributed by atoms with Gasteiger partial charge in [-0.1, -0.05) is 18.2 Å². The topological polar surface area (TPSA) is 224 Å². The smallest absolute Gasteiger partial charge is 0.340 e.